The Labute approximate surface area is 286 Å². The molecule has 0 aromatic heterocycles. The third-order valence-electron chi connectivity index (χ3n) is 8.62. The number of alkyl halides is 2. The molecule has 254 valence electrons. The van der Waals surface area contributed by atoms with Crippen LogP contribution in [0.15, 0.2) is 48.5 Å². The number of anilines is 2. The third-order valence-corrected chi connectivity index (χ3v) is 9.29. The summed E-state index contributed by atoms with van der Waals surface area (Å²) in [6.07, 6.45) is 1.64. The Balaban J connectivity index is 1.29. The fourth-order valence-electron chi connectivity index (χ4n) is 5.77. The van der Waals surface area contributed by atoms with E-state index in [1.807, 2.05) is 6.92 Å². The first-order valence-corrected chi connectivity index (χ1v) is 16.6. The van der Waals surface area contributed by atoms with Crippen molar-refractivity contribution in [2.24, 2.45) is 5.92 Å². The molecule has 0 bridgehead atoms. The number of amides is 1. The maximum absolute atomic E-state index is 13.6. The molecule has 6 rings (SSSR count). The Morgan fingerprint density at radius 2 is 1.73 bits per heavy atom. The molecule has 0 radical (unpaired) electrons. The molecule has 2 fully saturated rings. The molecule has 48 heavy (non-hydrogen) atoms. The summed E-state index contributed by atoms with van der Waals surface area (Å²) in [5.74, 6) is -2.13. The van der Waals surface area contributed by atoms with Crippen LogP contribution in [0.5, 0.6) is 11.5 Å². The van der Waals surface area contributed by atoms with E-state index < -0.39 is 36.9 Å². The Morgan fingerprint density at radius 1 is 1.00 bits per heavy atom. The molecule has 1 atom stereocenters. The molecule has 1 saturated heterocycles. The topological polar surface area (TPSA) is 94.6 Å². The molecule has 0 N–H and O–H groups in total. The van der Waals surface area contributed by atoms with Crippen LogP contribution in [0.2, 0.25) is 10.0 Å². The average molecular weight is 704 g/mol. The predicted molar refractivity (Wildman–Crippen MR) is 176 cm³/mol. The van der Waals surface area contributed by atoms with Gasteiger partial charge in [-0.15, -0.1) is 0 Å². The van der Waals surface area contributed by atoms with Crippen LogP contribution >= 0.6 is 23.2 Å². The lowest BCUT2D eigenvalue weighted by atomic mass is 9.99. The van der Waals surface area contributed by atoms with Gasteiger partial charge in [0.1, 0.15) is 12.6 Å². The van der Waals surface area contributed by atoms with Gasteiger partial charge in [0, 0.05) is 35.2 Å². The van der Waals surface area contributed by atoms with E-state index in [1.54, 1.807) is 30.3 Å². The van der Waals surface area contributed by atoms with Crippen LogP contribution in [-0.4, -0.2) is 63.7 Å². The molecule has 9 nitrogen and oxygen atoms in total. The second-order valence-electron chi connectivity index (χ2n) is 11.9. The third kappa shape index (κ3) is 7.69. The molecule has 1 unspecified atom stereocenters. The second-order valence-corrected chi connectivity index (χ2v) is 12.7. The molecular formula is C35H34Cl2F2N2O7. The van der Waals surface area contributed by atoms with Gasteiger partial charge in [-0.2, -0.15) is 8.78 Å². The van der Waals surface area contributed by atoms with Gasteiger partial charge in [0.25, 0.3) is 11.7 Å². The molecule has 2 aliphatic heterocycles. The normalized spacial score (nSPS) is 16.7. The number of ketones is 1. The van der Waals surface area contributed by atoms with Crippen molar-refractivity contribution in [3.05, 3.63) is 80.8 Å². The number of benzene rings is 3. The number of carbonyl (C=O) groups excluding carboxylic acids is 3. The summed E-state index contributed by atoms with van der Waals surface area (Å²) in [6, 6.07) is 13.0. The van der Waals surface area contributed by atoms with Crippen molar-refractivity contribution in [1.29, 1.82) is 0 Å². The van der Waals surface area contributed by atoms with E-state index >= 15 is 0 Å². The van der Waals surface area contributed by atoms with E-state index in [-0.39, 0.29) is 23.5 Å². The van der Waals surface area contributed by atoms with Crippen molar-refractivity contribution < 1.29 is 42.1 Å². The fraction of sp³-hybridized carbons (Fsp3) is 0.400. The minimum Gasteiger partial charge on any atom is -0.489 e. The monoisotopic (exact) mass is 702 g/mol. The fourth-order valence-corrected chi connectivity index (χ4v) is 6.46. The number of fused-ring (bicyclic) bond motifs is 1. The second kappa shape index (κ2) is 14.7. The summed E-state index contributed by atoms with van der Waals surface area (Å²) in [4.78, 5) is 42.8. The average Bonchev–Trinajstić information content (AvgIpc) is 3.88. The quantitative estimate of drug-likeness (QED) is 0.141. The minimum absolute atomic E-state index is 0.0230. The Morgan fingerprint density at radius 3 is 2.40 bits per heavy atom. The molecule has 1 aliphatic carbocycles. The van der Waals surface area contributed by atoms with E-state index in [9.17, 15) is 23.2 Å². The van der Waals surface area contributed by atoms with E-state index in [2.05, 4.69) is 4.90 Å². The zero-order valence-corrected chi connectivity index (χ0v) is 27.7. The van der Waals surface area contributed by atoms with Crippen LogP contribution in [0.25, 0.3) is 0 Å². The van der Waals surface area contributed by atoms with Gasteiger partial charge in [-0.25, -0.2) is 0 Å². The number of esters is 1. The first-order chi connectivity index (χ1) is 23.1. The highest BCUT2D eigenvalue weighted by atomic mass is 35.5. The number of halogens is 4. The lowest BCUT2D eigenvalue weighted by Crippen LogP contribution is -2.37. The largest absolute Gasteiger partial charge is 0.489 e. The predicted octanol–water partition coefficient (Wildman–Crippen LogP) is 6.84. The van der Waals surface area contributed by atoms with Crippen LogP contribution in [-0.2, 0) is 31.9 Å². The lowest BCUT2D eigenvalue weighted by molar-refractivity contribution is -0.148. The summed E-state index contributed by atoms with van der Waals surface area (Å²) in [5, 5.41) is 0.737. The molecule has 3 aromatic rings. The molecule has 0 spiro atoms. The van der Waals surface area contributed by atoms with Gasteiger partial charge in [0.05, 0.1) is 31.1 Å². The van der Waals surface area contributed by atoms with Crippen LogP contribution in [0.1, 0.15) is 52.9 Å². The minimum atomic E-state index is -3.07. The number of rotatable bonds is 13. The number of carbonyl (C=O) groups is 3. The van der Waals surface area contributed by atoms with Gasteiger partial charge in [-0.3, -0.25) is 19.3 Å². The van der Waals surface area contributed by atoms with Crippen molar-refractivity contribution in [2.75, 3.05) is 49.3 Å². The Hall–Kier alpha value is -3.93. The van der Waals surface area contributed by atoms with Crippen molar-refractivity contribution in [1.82, 2.24) is 0 Å². The van der Waals surface area contributed by atoms with Crippen LogP contribution in [0.4, 0.5) is 20.2 Å². The van der Waals surface area contributed by atoms with Gasteiger partial charge >= 0.3 is 12.6 Å². The Bertz CT molecular complexity index is 1690. The molecule has 13 heteroatoms. The van der Waals surface area contributed by atoms with Crippen molar-refractivity contribution in [3.63, 3.8) is 0 Å². The maximum Gasteiger partial charge on any atom is 0.387 e. The van der Waals surface area contributed by atoms with Gasteiger partial charge in [-0.05, 0) is 84.3 Å². The van der Waals surface area contributed by atoms with Crippen molar-refractivity contribution in [2.45, 2.75) is 45.3 Å². The zero-order valence-electron chi connectivity index (χ0n) is 26.2. The SMILES string of the molecule is CCc1cc(Cl)c(CC(OC(=O)CN2C(=O)C(=O)c3ccc(N4CCOCC4)cc32)c2ccc(OC(F)F)c(OCC3CC3)c2)c(Cl)c1. The standard InChI is InChI=1S/C35H34Cl2F2N2O7/c1-2-20-13-26(36)25(27(37)14-20)17-30(22-5-8-29(48-35(38)39)31(15-22)46-19-21-3-4-21)47-32(42)18-41-28-16-23(40-9-11-45-12-10-40)6-7-24(28)33(43)34(41)44/h5-8,13-16,21,30,35H,2-4,9-12,17-19H2,1H3. The summed E-state index contributed by atoms with van der Waals surface area (Å²) in [7, 11) is 0. The van der Waals surface area contributed by atoms with Gasteiger partial charge in [0.15, 0.2) is 11.5 Å². The number of ether oxygens (including phenoxy) is 4. The van der Waals surface area contributed by atoms with E-state index in [4.69, 9.17) is 42.1 Å². The van der Waals surface area contributed by atoms with Crippen LogP contribution in [0.3, 0.4) is 0 Å². The number of morpholine rings is 1. The molecule has 2 heterocycles. The zero-order chi connectivity index (χ0) is 33.9. The molecule has 1 saturated carbocycles. The van der Waals surface area contributed by atoms with Crippen LogP contribution in [0, 0.1) is 5.92 Å². The number of Topliss-reactive ketones (excluding diaryl/α,β-unsaturated/α-hetero) is 1. The summed E-state index contributed by atoms with van der Waals surface area (Å²) in [5.41, 5.74) is 3.13. The van der Waals surface area contributed by atoms with E-state index in [0.29, 0.717) is 72.1 Å². The highest BCUT2D eigenvalue weighted by Gasteiger charge is 2.38. The first-order valence-electron chi connectivity index (χ1n) is 15.8. The molecule has 3 aliphatic rings. The highest BCUT2D eigenvalue weighted by Crippen LogP contribution is 2.39. The highest BCUT2D eigenvalue weighted by molar-refractivity contribution is 6.52. The van der Waals surface area contributed by atoms with Crippen molar-refractivity contribution >= 4 is 52.2 Å². The maximum atomic E-state index is 13.6. The van der Waals surface area contributed by atoms with Gasteiger partial charge < -0.3 is 23.8 Å². The van der Waals surface area contributed by atoms with Crippen molar-refractivity contribution in [3.8, 4) is 11.5 Å². The number of nitrogens with zero attached hydrogens (tertiary/aromatic N) is 2. The van der Waals surface area contributed by atoms with Gasteiger partial charge in [0.2, 0.25) is 0 Å². The summed E-state index contributed by atoms with van der Waals surface area (Å²) < 4.78 is 48.5. The number of aryl methyl sites for hydroxylation is 1. The van der Waals surface area contributed by atoms with Gasteiger partial charge in [-0.1, -0.05) is 36.2 Å². The van der Waals surface area contributed by atoms with E-state index in [1.165, 1.54) is 18.2 Å². The molecular weight excluding hydrogens is 669 g/mol. The lowest BCUT2D eigenvalue weighted by Gasteiger charge is -2.29. The van der Waals surface area contributed by atoms with Crippen LogP contribution < -0.4 is 19.3 Å². The number of hydrogen-bond donors (Lipinski definition) is 0. The smallest absolute Gasteiger partial charge is 0.387 e. The molecule has 3 aromatic carbocycles. The molecule has 1 amide bonds. The summed E-state index contributed by atoms with van der Waals surface area (Å²) in [6.45, 7) is 1.04. The van der Waals surface area contributed by atoms with E-state index in [0.717, 1.165) is 29.0 Å². The summed E-state index contributed by atoms with van der Waals surface area (Å²) >= 11 is 13.3. The number of hydrogen-bond acceptors (Lipinski definition) is 8. The first kappa shape index (κ1) is 34.0. The Kier molecular flexibility index (Phi) is 10.4.